The highest BCUT2D eigenvalue weighted by Crippen LogP contribution is 2.32. The SMILES string of the molecule is COc1cccc(CN(C)C2CCC2CNC(C)C)c1. The molecule has 2 unspecified atom stereocenters. The van der Waals surface area contributed by atoms with Gasteiger partial charge in [-0.1, -0.05) is 26.0 Å². The van der Waals surface area contributed by atoms with Crippen LogP contribution in [-0.2, 0) is 6.54 Å². The highest BCUT2D eigenvalue weighted by Gasteiger charge is 2.33. The normalized spacial score (nSPS) is 22.1. The summed E-state index contributed by atoms with van der Waals surface area (Å²) in [4.78, 5) is 2.49. The molecule has 3 heteroatoms. The zero-order valence-corrected chi connectivity index (χ0v) is 13.2. The van der Waals surface area contributed by atoms with E-state index in [1.54, 1.807) is 7.11 Å². The Balaban J connectivity index is 1.86. The summed E-state index contributed by atoms with van der Waals surface area (Å²) in [5.74, 6) is 1.75. The molecule has 0 aromatic heterocycles. The number of ether oxygens (including phenoxy) is 1. The van der Waals surface area contributed by atoms with Crippen LogP contribution < -0.4 is 10.1 Å². The predicted octanol–water partition coefficient (Wildman–Crippen LogP) is 2.90. The van der Waals surface area contributed by atoms with Crippen LogP contribution in [0.15, 0.2) is 24.3 Å². The standard InChI is InChI=1S/C17H28N2O/c1-13(2)18-11-15-8-9-17(15)19(3)12-14-6-5-7-16(10-14)20-4/h5-7,10,13,15,17-18H,8-9,11-12H2,1-4H3. The summed E-state index contributed by atoms with van der Waals surface area (Å²) in [7, 11) is 3.97. The van der Waals surface area contributed by atoms with E-state index >= 15 is 0 Å². The molecule has 1 aliphatic carbocycles. The number of nitrogens with one attached hydrogen (secondary N) is 1. The Morgan fingerprint density at radius 1 is 1.35 bits per heavy atom. The molecule has 112 valence electrons. The first-order chi connectivity index (χ1) is 9.60. The molecule has 1 fully saturated rings. The lowest BCUT2D eigenvalue weighted by atomic mass is 9.78. The fourth-order valence-corrected chi connectivity index (χ4v) is 2.93. The fraction of sp³-hybridized carbons (Fsp3) is 0.647. The van der Waals surface area contributed by atoms with Crippen molar-refractivity contribution in [2.24, 2.45) is 5.92 Å². The Morgan fingerprint density at radius 2 is 2.15 bits per heavy atom. The molecule has 20 heavy (non-hydrogen) atoms. The van der Waals surface area contributed by atoms with Crippen molar-refractivity contribution in [1.29, 1.82) is 0 Å². The van der Waals surface area contributed by atoms with Gasteiger partial charge in [0.15, 0.2) is 0 Å². The minimum Gasteiger partial charge on any atom is -0.497 e. The molecule has 0 bridgehead atoms. The van der Waals surface area contributed by atoms with Crippen molar-refractivity contribution in [2.75, 3.05) is 20.7 Å². The van der Waals surface area contributed by atoms with Crippen LogP contribution in [-0.4, -0.2) is 37.7 Å². The van der Waals surface area contributed by atoms with Gasteiger partial charge in [0.2, 0.25) is 0 Å². The van der Waals surface area contributed by atoms with Crippen molar-refractivity contribution in [2.45, 2.75) is 45.3 Å². The highest BCUT2D eigenvalue weighted by molar-refractivity contribution is 5.28. The van der Waals surface area contributed by atoms with Gasteiger partial charge in [-0.15, -0.1) is 0 Å². The van der Waals surface area contributed by atoms with E-state index in [1.807, 2.05) is 6.07 Å². The first kappa shape index (κ1) is 15.3. The highest BCUT2D eigenvalue weighted by atomic mass is 16.5. The third kappa shape index (κ3) is 3.97. The molecule has 3 nitrogen and oxygen atoms in total. The summed E-state index contributed by atoms with van der Waals surface area (Å²) in [6.07, 6.45) is 2.68. The van der Waals surface area contributed by atoms with E-state index in [4.69, 9.17) is 4.74 Å². The number of methoxy groups -OCH3 is 1. The number of benzene rings is 1. The number of nitrogens with zero attached hydrogens (tertiary/aromatic N) is 1. The predicted molar refractivity (Wildman–Crippen MR) is 84.1 cm³/mol. The molecule has 0 aliphatic heterocycles. The van der Waals surface area contributed by atoms with Gasteiger partial charge in [-0.05, 0) is 50.0 Å². The Hall–Kier alpha value is -1.06. The molecular weight excluding hydrogens is 248 g/mol. The molecule has 2 atom stereocenters. The average molecular weight is 276 g/mol. The quantitative estimate of drug-likeness (QED) is 0.829. The van der Waals surface area contributed by atoms with Crippen molar-refractivity contribution in [3.8, 4) is 5.75 Å². The van der Waals surface area contributed by atoms with Crippen LogP contribution in [0.1, 0.15) is 32.3 Å². The number of hydrogen-bond donors (Lipinski definition) is 1. The smallest absolute Gasteiger partial charge is 0.119 e. The van der Waals surface area contributed by atoms with Gasteiger partial charge in [0.1, 0.15) is 5.75 Å². The van der Waals surface area contributed by atoms with Crippen LogP contribution in [0.25, 0.3) is 0 Å². The van der Waals surface area contributed by atoms with Crippen molar-refractivity contribution >= 4 is 0 Å². The second kappa shape index (κ2) is 7.09. The van der Waals surface area contributed by atoms with E-state index < -0.39 is 0 Å². The second-order valence-electron chi connectivity index (χ2n) is 6.23. The second-order valence-corrected chi connectivity index (χ2v) is 6.23. The molecule has 1 aromatic rings. The van der Waals surface area contributed by atoms with Gasteiger partial charge < -0.3 is 10.1 Å². The molecule has 0 saturated heterocycles. The minimum atomic E-state index is 0.583. The number of hydrogen-bond acceptors (Lipinski definition) is 3. The lowest BCUT2D eigenvalue weighted by Gasteiger charge is -2.43. The van der Waals surface area contributed by atoms with Crippen LogP contribution >= 0.6 is 0 Å². The first-order valence-electron chi connectivity index (χ1n) is 7.66. The van der Waals surface area contributed by atoms with Crippen molar-refractivity contribution < 1.29 is 4.74 Å². The first-order valence-corrected chi connectivity index (χ1v) is 7.66. The van der Waals surface area contributed by atoms with Crippen LogP contribution in [0.2, 0.25) is 0 Å². The molecule has 0 radical (unpaired) electrons. The maximum atomic E-state index is 5.29. The van der Waals surface area contributed by atoms with Crippen molar-refractivity contribution in [3.05, 3.63) is 29.8 Å². The maximum absolute atomic E-state index is 5.29. The summed E-state index contributed by atoms with van der Waals surface area (Å²) >= 11 is 0. The molecule has 0 amide bonds. The van der Waals surface area contributed by atoms with Gasteiger partial charge in [0.25, 0.3) is 0 Å². The van der Waals surface area contributed by atoms with E-state index in [2.05, 4.69) is 49.3 Å². The Kier molecular flexibility index (Phi) is 5.44. The van der Waals surface area contributed by atoms with E-state index in [-0.39, 0.29) is 0 Å². The Bertz CT molecular complexity index is 419. The summed E-state index contributed by atoms with van der Waals surface area (Å²) in [5.41, 5.74) is 1.33. The minimum absolute atomic E-state index is 0.583. The molecule has 1 aliphatic rings. The van der Waals surface area contributed by atoms with Crippen molar-refractivity contribution in [3.63, 3.8) is 0 Å². The molecule has 1 N–H and O–H groups in total. The van der Waals surface area contributed by atoms with Gasteiger partial charge in [0, 0.05) is 18.6 Å². The molecule has 2 rings (SSSR count). The van der Waals surface area contributed by atoms with Gasteiger partial charge in [-0.25, -0.2) is 0 Å². The van der Waals surface area contributed by atoms with Crippen LogP contribution in [0, 0.1) is 5.92 Å². The monoisotopic (exact) mass is 276 g/mol. The zero-order chi connectivity index (χ0) is 14.5. The number of rotatable bonds is 7. The van der Waals surface area contributed by atoms with E-state index in [0.717, 1.165) is 24.8 Å². The molecule has 0 heterocycles. The van der Waals surface area contributed by atoms with Gasteiger partial charge >= 0.3 is 0 Å². The molecule has 1 saturated carbocycles. The summed E-state index contributed by atoms with van der Waals surface area (Å²) in [6, 6.07) is 9.69. The summed E-state index contributed by atoms with van der Waals surface area (Å²) < 4.78 is 5.29. The van der Waals surface area contributed by atoms with Crippen molar-refractivity contribution in [1.82, 2.24) is 10.2 Å². The van der Waals surface area contributed by atoms with Crippen LogP contribution in [0.5, 0.6) is 5.75 Å². The lowest BCUT2D eigenvalue weighted by Crippen LogP contribution is -2.49. The zero-order valence-electron chi connectivity index (χ0n) is 13.2. The largest absolute Gasteiger partial charge is 0.497 e. The molecule has 0 spiro atoms. The van der Waals surface area contributed by atoms with Crippen LogP contribution in [0.4, 0.5) is 0 Å². The summed E-state index contributed by atoms with van der Waals surface area (Å²) in [5, 5.41) is 3.57. The van der Waals surface area contributed by atoms with Crippen LogP contribution in [0.3, 0.4) is 0 Å². The maximum Gasteiger partial charge on any atom is 0.119 e. The Labute approximate surface area is 123 Å². The molecule has 1 aromatic carbocycles. The third-order valence-corrected chi connectivity index (χ3v) is 4.30. The summed E-state index contributed by atoms with van der Waals surface area (Å²) in [6.45, 7) is 6.58. The van der Waals surface area contributed by atoms with E-state index in [9.17, 15) is 0 Å². The Morgan fingerprint density at radius 3 is 2.75 bits per heavy atom. The molecular formula is C17H28N2O. The van der Waals surface area contributed by atoms with Gasteiger partial charge in [-0.2, -0.15) is 0 Å². The topological polar surface area (TPSA) is 24.5 Å². The van der Waals surface area contributed by atoms with Gasteiger partial charge in [0.05, 0.1) is 7.11 Å². The van der Waals surface area contributed by atoms with Gasteiger partial charge in [-0.3, -0.25) is 4.90 Å². The fourth-order valence-electron chi connectivity index (χ4n) is 2.93. The van der Waals surface area contributed by atoms with E-state index in [1.165, 1.54) is 18.4 Å². The third-order valence-electron chi connectivity index (χ3n) is 4.30. The average Bonchev–Trinajstić information content (AvgIpc) is 2.37. The lowest BCUT2D eigenvalue weighted by molar-refractivity contribution is 0.0768. The van der Waals surface area contributed by atoms with E-state index in [0.29, 0.717) is 12.1 Å².